The van der Waals surface area contributed by atoms with Crippen LogP contribution < -0.4 is 15.4 Å². The molecule has 0 heterocycles. The monoisotopic (exact) mass is 333 g/mol. The van der Waals surface area contributed by atoms with E-state index in [0.717, 1.165) is 12.1 Å². The van der Waals surface area contributed by atoms with Crippen molar-refractivity contribution in [3.05, 3.63) is 24.3 Å². The molecule has 0 saturated heterocycles. The molecule has 0 unspecified atom stereocenters. The smallest absolute Gasteiger partial charge is 0.406 e. The predicted octanol–water partition coefficient (Wildman–Crippen LogP) is 1.59. The van der Waals surface area contributed by atoms with Crippen LogP contribution in [0.5, 0.6) is 5.75 Å². The lowest BCUT2D eigenvalue weighted by atomic mass is 10.3. The van der Waals surface area contributed by atoms with Gasteiger partial charge in [-0.15, -0.1) is 13.2 Å². The minimum Gasteiger partial charge on any atom is -0.406 e. The zero-order valence-corrected chi connectivity index (χ0v) is 12.7. The van der Waals surface area contributed by atoms with Gasteiger partial charge in [-0.3, -0.25) is 14.5 Å². The maximum absolute atomic E-state index is 12.0. The van der Waals surface area contributed by atoms with Crippen molar-refractivity contribution in [2.45, 2.75) is 13.3 Å². The Morgan fingerprint density at radius 3 is 2.35 bits per heavy atom. The molecule has 9 heteroatoms. The molecule has 0 radical (unpaired) electrons. The van der Waals surface area contributed by atoms with Gasteiger partial charge in [0.05, 0.1) is 6.54 Å². The number of ether oxygens (including phenoxy) is 1. The second-order valence-electron chi connectivity index (χ2n) is 4.84. The number of nitrogens with one attached hydrogen (secondary N) is 2. The molecule has 2 N–H and O–H groups in total. The summed E-state index contributed by atoms with van der Waals surface area (Å²) in [6.45, 7) is 2.40. The standard InChI is InChI=1S/C14H18F3N3O3/c1-10(21)18-7-8-20(2)9-13(22)19-11-3-5-12(6-4-11)23-14(15,16)17/h3-6H,7-9H2,1-2H3,(H,18,21)(H,19,22). The highest BCUT2D eigenvalue weighted by Gasteiger charge is 2.30. The molecule has 1 aromatic rings. The van der Waals surface area contributed by atoms with E-state index in [1.807, 2.05) is 0 Å². The van der Waals surface area contributed by atoms with E-state index in [0.29, 0.717) is 18.8 Å². The molecule has 2 amide bonds. The Hall–Kier alpha value is -2.29. The number of carbonyl (C=O) groups is 2. The summed E-state index contributed by atoms with van der Waals surface area (Å²) in [5.41, 5.74) is 0.361. The Kier molecular flexibility index (Phi) is 6.83. The van der Waals surface area contributed by atoms with Gasteiger partial charge < -0.3 is 15.4 Å². The molecule has 0 bridgehead atoms. The first-order chi connectivity index (χ1) is 10.7. The largest absolute Gasteiger partial charge is 0.573 e. The molecular formula is C14H18F3N3O3. The summed E-state index contributed by atoms with van der Waals surface area (Å²) in [6.07, 6.45) is -4.75. The number of nitrogens with zero attached hydrogens (tertiary/aromatic N) is 1. The van der Waals surface area contributed by atoms with Crippen LogP contribution >= 0.6 is 0 Å². The van der Waals surface area contributed by atoms with Crippen LogP contribution in [0.15, 0.2) is 24.3 Å². The number of hydrogen-bond acceptors (Lipinski definition) is 4. The third-order valence-corrected chi connectivity index (χ3v) is 2.65. The van der Waals surface area contributed by atoms with E-state index in [1.165, 1.54) is 19.1 Å². The van der Waals surface area contributed by atoms with E-state index in [2.05, 4.69) is 15.4 Å². The fourth-order valence-corrected chi connectivity index (χ4v) is 1.69. The molecule has 1 rings (SSSR count). The van der Waals surface area contributed by atoms with Crippen LogP contribution in [0.25, 0.3) is 0 Å². The van der Waals surface area contributed by atoms with Crippen LogP contribution in [0.3, 0.4) is 0 Å². The van der Waals surface area contributed by atoms with Gasteiger partial charge in [-0.05, 0) is 31.3 Å². The molecule has 0 aliphatic carbocycles. The highest BCUT2D eigenvalue weighted by molar-refractivity contribution is 5.92. The van der Waals surface area contributed by atoms with Crippen molar-refractivity contribution in [2.24, 2.45) is 0 Å². The molecule has 0 saturated carbocycles. The summed E-state index contributed by atoms with van der Waals surface area (Å²) in [5, 5.41) is 5.16. The molecule has 23 heavy (non-hydrogen) atoms. The van der Waals surface area contributed by atoms with Gasteiger partial charge in [0.1, 0.15) is 5.75 Å². The highest BCUT2D eigenvalue weighted by Crippen LogP contribution is 2.23. The molecule has 0 fully saturated rings. The predicted molar refractivity (Wildman–Crippen MR) is 77.9 cm³/mol. The maximum atomic E-state index is 12.0. The summed E-state index contributed by atoms with van der Waals surface area (Å²) in [6, 6.07) is 4.86. The second kappa shape index (κ2) is 8.37. The maximum Gasteiger partial charge on any atom is 0.573 e. The molecule has 0 aliphatic heterocycles. The van der Waals surface area contributed by atoms with Gasteiger partial charge in [-0.1, -0.05) is 0 Å². The van der Waals surface area contributed by atoms with Crippen LogP contribution in [0.2, 0.25) is 0 Å². The Morgan fingerprint density at radius 1 is 1.22 bits per heavy atom. The molecule has 0 aliphatic rings. The average molecular weight is 333 g/mol. The fourth-order valence-electron chi connectivity index (χ4n) is 1.69. The SMILES string of the molecule is CC(=O)NCCN(C)CC(=O)Nc1ccc(OC(F)(F)F)cc1. The van der Waals surface area contributed by atoms with Crippen molar-refractivity contribution in [3.63, 3.8) is 0 Å². The van der Waals surface area contributed by atoms with Crippen molar-refractivity contribution >= 4 is 17.5 Å². The lowest BCUT2D eigenvalue weighted by Gasteiger charge is -2.16. The first-order valence-corrected chi connectivity index (χ1v) is 6.74. The summed E-state index contributed by atoms with van der Waals surface area (Å²) >= 11 is 0. The Balaban J connectivity index is 2.40. The van der Waals surface area contributed by atoms with Gasteiger partial charge in [0.25, 0.3) is 0 Å². The van der Waals surface area contributed by atoms with Gasteiger partial charge in [0.2, 0.25) is 11.8 Å². The normalized spacial score (nSPS) is 11.2. The van der Waals surface area contributed by atoms with Crippen molar-refractivity contribution in [3.8, 4) is 5.75 Å². The fraction of sp³-hybridized carbons (Fsp3) is 0.429. The quantitative estimate of drug-likeness (QED) is 0.795. The molecular weight excluding hydrogens is 315 g/mol. The number of carbonyl (C=O) groups excluding carboxylic acids is 2. The van der Waals surface area contributed by atoms with Crippen molar-refractivity contribution in [2.75, 3.05) is 32.0 Å². The van der Waals surface area contributed by atoms with Gasteiger partial charge in [0.15, 0.2) is 0 Å². The number of halogens is 3. The third-order valence-electron chi connectivity index (χ3n) is 2.65. The van der Waals surface area contributed by atoms with Crippen LogP contribution in [-0.4, -0.2) is 49.8 Å². The molecule has 6 nitrogen and oxygen atoms in total. The Labute approximate surface area is 131 Å². The number of alkyl halides is 3. The van der Waals surface area contributed by atoms with Crippen LogP contribution in [0.1, 0.15) is 6.92 Å². The zero-order valence-electron chi connectivity index (χ0n) is 12.7. The molecule has 128 valence electrons. The van der Waals surface area contributed by atoms with Crippen molar-refractivity contribution in [1.29, 1.82) is 0 Å². The first-order valence-electron chi connectivity index (χ1n) is 6.74. The van der Waals surface area contributed by atoms with Crippen LogP contribution in [0, 0.1) is 0 Å². The number of rotatable bonds is 7. The third kappa shape index (κ3) is 8.67. The van der Waals surface area contributed by atoms with E-state index in [1.54, 1.807) is 11.9 Å². The first kappa shape index (κ1) is 18.8. The summed E-state index contributed by atoms with van der Waals surface area (Å²) in [4.78, 5) is 24.2. The summed E-state index contributed by atoms with van der Waals surface area (Å²) in [5.74, 6) is -0.827. The van der Waals surface area contributed by atoms with Gasteiger partial charge in [0, 0.05) is 25.7 Å². The van der Waals surface area contributed by atoms with E-state index in [-0.39, 0.29) is 24.1 Å². The van der Waals surface area contributed by atoms with E-state index < -0.39 is 6.36 Å². The van der Waals surface area contributed by atoms with E-state index in [9.17, 15) is 22.8 Å². The second-order valence-corrected chi connectivity index (χ2v) is 4.84. The average Bonchev–Trinajstić information content (AvgIpc) is 2.38. The topological polar surface area (TPSA) is 70.7 Å². The van der Waals surface area contributed by atoms with Gasteiger partial charge >= 0.3 is 6.36 Å². The summed E-state index contributed by atoms with van der Waals surface area (Å²) < 4.78 is 39.8. The Morgan fingerprint density at radius 2 is 1.83 bits per heavy atom. The van der Waals surface area contributed by atoms with Crippen molar-refractivity contribution in [1.82, 2.24) is 10.2 Å². The van der Waals surface area contributed by atoms with Gasteiger partial charge in [-0.2, -0.15) is 0 Å². The zero-order chi connectivity index (χ0) is 17.5. The molecule has 0 spiro atoms. The van der Waals surface area contributed by atoms with Gasteiger partial charge in [-0.25, -0.2) is 0 Å². The molecule has 1 aromatic carbocycles. The number of likely N-dealkylation sites (N-methyl/N-ethyl adjacent to an activating group) is 1. The Bertz CT molecular complexity index is 532. The minimum atomic E-state index is -4.75. The number of amides is 2. The lowest BCUT2D eigenvalue weighted by Crippen LogP contribution is -2.36. The minimum absolute atomic E-state index is 0.0837. The highest BCUT2D eigenvalue weighted by atomic mass is 19.4. The lowest BCUT2D eigenvalue weighted by molar-refractivity contribution is -0.274. The number of anilines is 1. The molecule has 0 aromatic heterocycles. The number of benzene rings is 1. The molecule has 0 atom stereocenters. The van der Waals surface area contributed by atoms with E-state index in [4.69, 9.17) is 0 Å². The summed E-state index contributed by atoms with van der Waals surface area (Å²) in [7, 11) is 1.71. The van der Waals surface area contributed by atoms with E-state index >= 15 is 0 Å². The van der Waals surface area contributed by atoms with Crippen LogP contribution in [0.4, 0.5) is 18.9 Å². The number of hydrogen-bond donors (Lipinski definition) is 2. The van der Waals surface area contributed by atoms with Crippen LogP contribution in [-0.2, 0) is 9.59 Å². The van der Waals surface area contributed by atoms with Crippen molar-refractivity contribution < 1.29 is 27.5 Å².